The number of nitrogens with zero attached hydrogens (tertiary/aromatic N) is 3. The number of nitrogen functional groups attached to an aromatic ring is 3. The number of anilines is 3. The van der Waals surface area contributed by atoms with Crippen LogP contribution < -0.4 is 27.1 Å². The average Bonchev–Trinajstić information content (AvgIpc) is 3.25. The lowest BCUT2D eigenvalue weighted by atomic mass is 10.1. The fraction of sp³-hybridized carbons (Fsp3) is 0.130. The standard InChI is InChI=1S/C23H25N7O/c1-26-29-23-22(25)18(11-21(24)28-23)10-17-13-27-30(14-17)19-8-5-9-20(12-19)31-15-16-6-3-2-4-7-16/h2-9,11-14,26H,10,15,25H2,1H3,(H3,24,28,29)/p+1. The van der Waals surface area contributed by atoms with Crippen molar-refractivity contribution in [2.45, 2.75) is 13.0 Å². The maximum atomic E-state index is 6.26. The highest BCUT2D eigenvalue weighted by Crippen LogP contribution is 2.25. The number of nitrogens with two attached hydrogens (primary N) is 3. The zero-order valence-electron chi connectivity index (χ0n) is 17.3. The SMILES string of the molecule is C[NH2+]Nc1nc(N)cc(Cc2cnn(-c3cccc(OCc4ccccc4)c3)c2)c1N. The second-order valence-electron chi connectivity index (χ2n) is 7.14. The molecule has 8 nitrogen and oxygen atoms in total. The molecule has 2 aromatic carbocycles. The van der Waals surface area contributed by atoms with E-state index < -0.39 is 0 Å². The van der Waals surface area contributed by atoms with Crippen molar-refractivity contribution >= 4 is 17.3 Å². The highest BCUT2D eigenvalue weighted by atomic mass is 16.5. The van der Waals surface area contributed by atoms with Crippen LogP contribution in [0.3, 0.4) is 0 Å². The van der Waals surface area contributed by atoms with Gasteiger partial charge in [0.2, 0.25) is 0 Å². The Balaban J connectivity index is 1.49. The highest BCUT2D eigenvalue weighted by molar-refractivity contribution is 5.68. The van der Waals surface area contributed by atoms with E-state index in [2.05, 4.69) is 15.5 Å². The van der Waals surface area contributed by atoms with Crippen LogP contribution in [0.4, 0.5) is 17.3 Å². The molecule has 4 rings (SSSR count). The Morgan fingerprint density at radius 2 is 1.87 bits per heavy atom. The Morgan fingerprint density at radius 1 is 1.03 bits per heavy atom. The fourth-order valence-electron chi connectivity index (χ4n) is 3.29. The first-order valence-electron chi connectivity index (χ1n) is 10.0. The number of quaternary nitrogens is 1. The largest absolute Gasteiger partial charge is 0.489 e. The van der Waals surface area contributed by atoms with Gasteiger partial charge in [0, 0.05) is 18.7 Å². The molecular formula is C23H26N7O+. The van der Waals surface area contributed by atoms with Gasteiger partial charge >= 0.3 is 0 Å². The van der Waals surface area contributed by atoms with Crippen LogP contribution in [0.15, 0.2) is 73.1 Å². The minimum Gasteiger partial charge on any atom is -0.489 e. The Bertz CT molecular complexity index is 1160. The third kappa shape index (κ3) is 4.93. The van der Waals surface area contributed by atoms with Gasteiger partial charge < -0.3 is 16.2 Å². The van der Waals surface area contributed by atoms with E-state index in [0.717, 1.165) is 28.1 Å². The fourth-order valence-corrected chi connectivity index (χ4v) is 3.29. The summed E-state index contributed by atoms with van der Waals surface area (Å²) in [6, 6.07) is 19.7. The lowest BCUT2D eigenvalue weighted by Gasteiger charge is -2.10. The number of rotatable bonds is 8. The van der Waals surface area contributed by atoms with E-state index in [9.17, 15) is 0 Å². The van der Waals surface area contributed by atoms with Crippen molar-refractivity contribution in [3.63, 3.8) is 0 Å². The van der Waals surface area contributed by atoms with Gasteiger partial charge in [0.25, 0.3) is 0 Å². The molecule has 0 aliphatic carbocycles. The molecule has 8 heteroatoms. The molecule has 0 spiro atoms. The van der Waals surface area contributed by atoms with Gasteiger partial charge in [-0.15, -0.1) is 0 Å². The Hall–Kier alpha value is -4.04. The first kappa shape index (κ1) is 20.2. The highest BCUT2D eigenvalue weighted by Gasteiger charge is 2.12. The quantitative estimate of drug-likeness (QED) is 0.258. The van der Waals surface area contributed by atoms with Gasteiger partial charge in [-0.05, 0) is 34.9 Å². The van der Waals surface area contributed by atoms with Crippen LogP contribution in [0.2, 0.25) is 0 Å². The first-order chi connectivity index (χ1) is 15.1. The molecule has 0 fully saturated rings. The van der Waals surface area contributed by atoms with Crippen molar-refractivity contribution in [2.75, 3.05) is 23.9 Å². The van der Waals surface area contributed by atoms with Gasteiger partial charge in [-0.1, -0.05) is 36.4 Å². The second-order valence-corrected chi connectivity index (χ2v) is 7.14. The third-order valence-corrected chi connectivity index (χ3v) is 4.81. The maximum Gasteiger partial charge on any atom is 0.199 e. The molecule has 4 aromatic rings. The number of benzene rings is 2. The zero-order chi connectivity index (χ0) is 21.6. The van der Waals surface area contributed by atoms with Gasteiger partial charge in [-0.2, -0.15) is 5.10 Å². The van der Waals surface area contributed by atoms with Crippen LogP contribution in [0.5, 0.6) is 5.75 Å². The normalized spacial score (nSPS) is 10.7. The van der Waals surface area contributed by atoms with E-state index in [0.29, 0.717) is 30.4 Å². The molecule has 2 heterocycles. The number of aromatic nitrogens is 3. The topological polar surface area (TPSA) is 121 Å². The van der Waals surface area contributed by atoms with E-state index in [-0.39, 0.29) is 0 Å². The van der Waals surface area contributed by atoms with E-state index >= 15 is 0 Å². The summed E-state index contributed by atoms with van der Waals surface area (Å²) >= 11 is 0. The molecule has 158 valence electrons. The predicted molar refractivity (Wildman–Crippen MR) is 122 cm³/mol. The van der Waals surface area contributed by atoms with Crippen molar-refractivity contribution in [3.8, 4) is 11.4 Å². The summed E-state index contributed by atoms with van der Waals surface area (Å²) in [6.45, 7) is 0.517. The molecule has 0 saturated heterocycles. The molecule has 0 bridgehead atoms. The first-order valence-corrected chi connectivity index (χ1v) is 10.0. The van der Waals surface area contributed by atoms with Crippen LogP contribution in [0.25, 0.3) is 5.69 Å². The van der Waals surface area contributed by atoms with Crippen LogP contribution in [0, 0.1) is 0 Å². The van der Waals surface area contributed by atoms with Crippen LogP contribution >= 0.6 is 0 Å². The summed E-state index contributed by atoms with van der Waals surface area (Å²) < 4.78 is 7.76. The minimum absolute atomic E-state index is 0.421. The van der Waals surface area contributed by atoms with Gasteiger partial charge in [-0.25, -0.2) is 20.5 Å². The molecule has 0 radical (unpaired) electrons. The maximum absolute atomic E-state index is 6.26. The van der Waals surface area contributed by atoms with E-state index in [1.807, 2.05) is 78.7 Å². The van der Waals surface area contributed by atoms with E-state index in [1.165, 1.54) is 0 Å². The summed E-state index contributed by atoms with van der Waals surface area (Å²) in [4.78, 5) is 4.24. The van der Waals surface area contributed by atoms with Crippen molar-refractivity contribution in [1.29, 1.82) is 0 Å². The summed E-state index contributed by atoms with van der Waals surface area (Å²) in [5.74, 6) is 1.77. The molecule has 0 amide bonds. The van der Waals surface area contributed by atoms with Crippen molar-refractivity contribution in [3.05, 3.63) is 89.7 Å². The summed E-state index contributed by atoms with van der Waals surface area (Å²) in [5.41, 5.74) is 21.5. The van der Waals surface area contributed by atoms with Crippen molar-refractivity contribution < 1.29 is 10.2 Å². The van der Waals surface area contributed by atoms with Gasteiger partial charge in [0.15, 0.2) is 5.82 Å². The molecular weight excluding hydrogens is 390 g/mol. The number of nitrogens with one attached hydrogen (secondary N) is 1. The number of ether oxygens (including phenoxy) is 1. The monoisotopic (exact) mass is 416 g/mol. The molecule has 7 N–H and O–H groups in total. The Labute approximate surface area is 180 Å². The molecule has 0 atom stereocenters. The van der Waals surface area contributed by atoms with Crippen LogP contribution in [-0.2, 0) is 13.0 Å². The lowest BCUT2D eigenvalue weighted by Crippen LogP contribution is -2.84. The summed E-state index contributed by atoms with van der Waals surface area (Å²) in [7, 11) is 1.87. The lowest BCUT2D eigenvalue weighted by molar-refractivity contribution is -0.596. The number of hydrogen-bond acceptors (Lipinski definition) is 6. The summed E-state index contributed by atoms with van der Waals surface area (Å²) in [5, 5.41) is 4.50. The van der Waals surface area contributed by atoms with Crippen molar-refractivity contribution in [2.24, 2.45) is 0 Å². The minimum atomic E-state index is 0.421. The third-order valence-electron chi connectivity index (χ3n) is 4.81. The molecule has 0 saturated carbocycles. The smallest absolute Gasteiger partial charge is 0.199 e. The zero-order valence-corrected chi connectivity index (χ0v) is 17.3. The Morgan fingerprint density at radius 3 is 2.68 bits per heavy atom. The predicted octanol–water partition coefficient (Wildman–Crippen LogP) is 2.12. The molecule has 2 aromatic heterocycles. The number of hydrogen-bond donors (Lipinski definition) is 4. The summed E-state index contributed by atoms with van der Waals surface area (Å²) in [6.07, 6.45) is 4.40. The molecule has 0 aliphatic heterocycles. The van der Waals surface area contributed by atoms with Gasteiger partial charge in [0.1, 0.15) is 18.2 Å². The molecule has 0 aliphatic rings. The van der Waals surface area contributed by atoms with Gasteiger partial charge in [0.05, 0.1) is 24.6 Å². The van der Waals surface area contributed by atoms with E-state index in [4.69, 9.17) is 16.2 Å². The van der Waals surface area contributed by atoms with Crippen LogP contribution in [0.1, 0.15) is 16.7 Å². The molecule has 0 unspecified atom stereocenters. The van der Waals surface area contributed by atoms with E-state index in [1.54, 1.807) is 11.5 Å². The number of pyridine rings is 1. The van der Waals surface area contributed by atoms with Crippen LogP contribution in [-0.4, -0.2) is 21.8 Å². The Kier molecular flexibility index (Phi) is 6.00. The van der Waals surface area contributed by atoms with Gasteiger partial charge in [-0.3, -0.25) is 0 Å². The van der Waals surface area contributed by atoms with Crippen molar-refractivity contribution in [1.82, 2.24) is 14.8 Å². The average molecular weight is 417 g/mol. The molecule has 31 heavy (non-hydrogen) atoms. The second kappa shape index (κ2) is 9.19.